The van der Waals surface area contributed by atoms with E-state index in [0.29, 0.717) is 29.7 Å². The molecule has 6 unspecified atom stereocenters. The van der Waals surface area contributed by atoms with Crippen molar-refractivity contribution < 1.29 is 9.59 Å². The Balaban J connectivity index is 1.57. The molecule has 132 valence electrons. The Morgan fingerprint density at radius 1 is 1.20 bits per heavy atom. The number of carbonyl (C=O) groups is 2. The molecule has 3 nitrogen and oxygen atoms in total. The van der Waals surface area contributed by atoms with E-state index in [4.69, 9.17) is 0 Å². The van der Waals surface area contributed by atoms with E-state index in [0.717, 1.165) is 32.1 Å². The van der Waals surface area contributed by atoms with Gasteiger partial charge in [0.15, 0.2) is 5.78 Å². The molecule has 0 aromatic heterocycles. The maximum Gasteiger partial charge on any atom is 0.233 e. The highest BCUT2D eigenvalue weighted by atomic mass is 16.2. The zero-order valence-corrected chi connectivity index (χ0v) is 15.4. The monoisotopic (exact) mass is 337 g/mol. The van der Waals surface area contributed by atoms with Crippen LogP contribution in [-0.2, 0) is 9.59 Å². The summed E-state index contributed by atoms with van der Waals surface area (Å²) >= 11 is 0. The van der Waals surface area contributed by atoms with Crippen molar-refractivity contribution >= 4 is 11.7 Å². The van der Waals surface area contributed by atoms with Gasteiger partial charge in [0.2, 0.25) is 5.91 Å². The Labute approximate surface area is 149 Å². The van der Waals surface area contributed by atoms with Crippen LogP contribution in [0.4, 0.5) is 0 Å². The van der Waals surface area contributed by atoms with Crippen molar-refractivity contribution in [2.45, 2.75) is 52.0 Å². The summed E-state index contributed by atoms with van der Waals surface area (Å²) in [6.07, 6.45) is 13.5. The first kappa shape index (κ1) is 15.6. The molecule has 6 atom stereocenters. The Morgan fingerprint density at radius 2 is 2.00 bits per heavy atom. The number of nitrogens with zero attached hydrogens (tertiary/aromatic N) is 1. The van der Waals surface area contributed by atoms with Gasteiger partial charge < -0.3 is 4.90 Å². The van der Waals surface area contributed by atoms with Crippen molar-refractivity contribution in [2.75, 3.05) is 7.05 Å². The zero-order chi connectivity index (χ0) is 17.6. The lowest BCUT2D eigenvalue weighted by Crippen LogP contribution is -2.49. The van der Waals surface area contributed by atoms with E-state index in [1.165, 1.54) is 11.1 Å². The quantitative estimate of drug-likeness (QED) is 0.633. The van der Waals surface area contributed by atoms with Gasteiger partial charge in [0, 0.05) is 24.4 Å². The third-order valence-corrected chi connectivity index (χ3v) is 8.47. The predicted molar refractivity (Wildman–Crippen MR) is 96.6 cm³/mol. The van der Waals surface area contributed by atoms with Crippen LogP contribution >= 0.6 is 0 Å². The molecule has 3 fully saturated rings. The Kier molecular flexibility index (Phi) is 2.96. The molecule has 1 saturated heterocycles. The van der Waals surface area contributed by atoms with E-state index in [1.54, 1.807) is 6.08 Å². The number of ketones is 1. The number of amides is 1. The molecule has 3 heteroatoms. The van der Waals surface area contributed by atoms with E-state index in [1.807, 2.05) is 18.0 Å². The molecule has 0 bridgehead atoms. The van der Waals surface area contributed by atoms with E-state index in [-0.39, 0.29) is 16.6 Å². The number of carbonyl (C=O) groups excluding carboxylic acids is 2. The average molecular weight is 337 g/mol. The van der Waals surface area contributed by atoms with E-state index >= 15 is 0 Å². The second-order valence-corrected chi connectivity index (χ2v) is 9.11. The van der Waals surface area contributed by atoms with Crippen LogP contribution in [0.1, 0.15) is 46.0 Å². The zero-order valence-electron chi connectivity index (χ0n) is 15.4. The first-order valence-electron chi connectivity index (χ1n) is 9.81. The molecular formula is C22H27NO2. The van der Waals surface area contributed by atoms with Gasteiger partial charge in [-0.3, -0.25) is 9.59 Å². The highest BCUT2D eigenvalue weighted by molar-refractivity contribution is 6.01. The fourth-order valence-corrected chi connectivity index (χ4v) is 7.06. The van der Waals surface area contributed by atoms with Crippen molar-refractivity contribution in [1.29, 1.82) is 0 Å². The molecule has 5 aliphatic rings. The minimum atomic E-state index is -0.207. The van der Waals surface area contributed by atoms with Crippen molar-refractivity contribution in [3.05, 3.63) is 35.5 Å². The molecule has 2 saturated carbocycles. The van der Waals surface area contributed by atoms with Crippen LogP contribution in [-0.4, -0.2) is 29.7 Å². The fourth-order valence-electron chi connectivity index (χ4n) is 7.06. The lowest BCUT2D eigenvalue weighted by atomic mass is 9.49. The molecule has 5 rings (SSSR count). The first-order valence-corrected chi connectivity index (χ1v) is 9.81. The summed E-state index contributed by atoms with van der Waals surface area (Å²) < 4.78 is 0. The number of fused-ring (bicyclic) bond motifs is 4. The smallest absolute Gasteiger partial charge is 0.233 e. The molecular weight excluding hydrogens is 310 g/mol. The standard InChI is InChI=1S/C22H27NO2/c1-13-17-6-7-19-16-5-4-14-12-15(24)8-10-21(14,2)18(16)9-11-22(17,19)20(25)23(13)3/h7-8,10,12-13,16-18H,4-6,9,11H2,1-3H3. The Hall–Kier alpha value is -1.64. The Bertz CT molecular complexity index is 775. The summed E-state index contributed by atoms with van der Waals surface area (Å²) in [6, 6.07) is 0.347. The highest BCUT2D eigenvalue weighted by Crippen LogP contribution is 2.66. The summed E-state index contributed by atoms with van der Waals surface area (Å²) in [4.78, 5) is 27.1. The lowest BCUT2D eigenvalue weighted by Gasteiger charge is -2.54. The molecule has 1 amide bonds. The van der Waals surface area contributed by atoms with Crippen LogP contribution in [0.3, 0.4) is 0 Å². The molecule has 0 aromatic carbocycles. The maximum atomic E-state index is 13.2. The van der Waals surface area contributed by atoms with E-state index in [9.17, 15) is 9.59 Å². The lowest BCUT2D eigenvalue weighted by molar-refractivity contribution is -0.136. The van der Waals surface area contributed by atoms with Gasteiger partial charge in [0.25, 0.3) is 0 Å². The topological polar surface area (TPSA) is 37.4 Å². The van der Waals surface area contributed by atoms with E-state index in [2.05, 4.69) is 26.0 Å². The number of hydrogen-bond acceptors (Lipinski definition) is 2. The van der Waals surface area contributed by atoms with Crippen LogP contribution in [0, 0.1) is 28.6 Å². The van der Waals surface area contributed by atoms with Crippen molar-refractivity contribution in [2.24, 2.45) is 28.6 Å². The van der Waals surface area contributed by atoms with Crippen LogP contribution in [0.2, 0.25) is 0 Å². The number of rotatable bonds is 0. The second-order valence-electron chi connectivity index (χ2n) is 9.11. The van der Waals surface area contributed by atoms with Crippen molar-refractivity contribution in [1.82, 2.24) is 4.90 Å². The predicted octanol–water partition coefficient (Wildman–Crippen LogP) is 3.67. The normalized spacial score (nSPS) is 47.7. The number of allylic oxidation sites excluding steroid dienone is 5. The van der Waals surface area contributed by atoms with Crippen LogP contribution in [0.15, 0.2) is 35.5 Å². The van der Waals surface area contributed by atoms with Gasteiger partial charge in [0.05, 0.1) is 5.41 Å². The molecule has 0 N–H and O–H groups in total. The third-order valence-electron chi connectivity index (χ3n) is 8.47. The molecule has 4 aliphatic carbocycles. The van der Waals surface area contributed by atoms with Gasteiger partial charge in [0.1, 0.15) is 0 Å². The fraction of sp³-hybridized carbons (Fsp3) is 0.636. The SMILES string of the molecule is CC1C2CC=C3C4CCC5=CC(=O)C=CC5(C)C4CCC32C(=O)N1C. The largest absolute Gasteiger partial charge is 0.342 e. The molecule has 25 heavy (non-hydrogen) atoms. The summed E-state index contributed by atoms with van der Waals surface area (Å²) in [5.41, 5.74) is 2.56. The van der Waals surface area contributed by atoms with Crippen LogP contribution in [0.5, 0.6) is 0 Å². The highest BCUT2D eigenvalue weighted by Gasteiger charge is 2.65. The number of likely N-dealkylation sites (tertiary alicyclic amines) is 1. The molecule has 1 spiro atoms. The minimum absolute atomic E-state index is 0.00344. The van der Waals surface area contributed by atoms with Gasteiger partial charge in [-0.05, 0) is 63.0 Å². The van der Waals surface area contributed by atoms with Gasteiger partial charge in [-0.2, -0.15) is 0 Å². The summed E-state index contributed by atoms with van der Waals surface area (Å²) in [7, 11) is 1.99. The minimum Gasteiger partial charge on any atom is -0.342 e. The summed E-state index contributed by atoms with van der Waals surface area (Å²) in [5.74, 6) is 2.00. The maximum absolute atomic E-state index is 13.2. The number of hydrogen-bond donors (Lipinski definition) is 0. The van der Waals surface area contributed by atoms with Gasteiger partial charge in [-0.25, -0.2) is 0 Å². The first-order chi connectivity index (χ1) is 11.9. The summed E-state index contributed by atoms with van der Waals surface area (Å²) in [6.45, 7) is 4.54. The van der Waals surface area contributed by atoms with Crippen molar-refractivity contribution in [3.8, 4) is 0 Å². The molecule has 0 radical (unpaired) electrons. The van der Waals surface area contributed by atoms with Crippen LogP contribution < -0.4 is 0 Å². The average Bonchev–Trinajstić information content (AvgIpc) is 3.07. The van der Waals surface area contributed by atoms with Gasteiger partial charge >= 0.3 is 0 Å². The molecule has 1 heterocycles. The Morgan fingerprint density at radius 3 is 2.80 bits per heavy atom. The van der Waals surface area contributed by atoms with Gasteiger partial charge in [-0.1, -0.05) is 30.2 Å². The van der Waals surface area contributed by atoms with Gasteiger partial charge in [-0.15, -0.1) is 0 Å². The van der Waals surface area contributed by atoms with Crippen LogP contribution in [0.25, 0.3) is 0 Å². The second kappa shape index (κ2) is 4.75. The van der Waals surface area contributed by atoms with Crippen molar-refractivity contribution in [3.63, 3.8) is 0 Å². The van der Waals surface area contributed by atoms with E-state index < -0.39 is 0 Å². The molecule has 0 aromatic rings. The summed E-state index contributed by atoms with van der Waals surface area (Å²) in [5, 5.41) is 0. The third kappa shape index (κ3) is 1.68. The molecule has 1 aliphatic heterocycles.